The number of aromatic nitrogens is 2. The summed E-state index contributed by atoms with van der Waals surface area (Å²) in [6.45, 7) is 7.98. The summed E-state index contributed by atoms with van der Waals surface area (Å²) < 4.78 is 10.8. The Morgan fingerprint density at radius 3 is 2.61 bits per heavy atom. The van der Waals surface area contributed by atoms with Gasteiger partial charge in [-0.25, -0.2) is 0 Å². The van der Waals surface area contributed by atoms with Crippen molar-refractivity contribution >= 4 is 0 Å². The molecule has 5 heteroatoms. The van der Waals surface area contributed by atoms with Gasteiger partial charge < -0.3 is 8.94 Å². The zero-order valence-electron chi connectivity index (χ0n) is 11.2. The number of furan rings is 1. The minimum absolute atomic E-state index is 0.00166. The largest absolute Gasteiger partial charge is 0.465 e. The predicted molar refractivity (Wildman–Crippen MR) is 67.1 cm³/mol. The molecule has 0 aliphatic carbocycles. The van der Waals surface area contributed by atoms with Gasteiger partial charge in [-0.3, -0.25) is 5.32 Å². The second-order valence-corrected chi connectivity index (χ2v) is 4.46. The van der Waals surface area contributed by atoms with Crippen LogP contribution >= 0.6 is 0 Å². The molecule has 18 heavy (non-hydrogen) atoms. The highest BCUT2D eigenvalue weighted by molar-refractivity contribution is 5.09. The van der Waals surface area contributed by atoms with Gasteiger partial charge >= 0.3 is 0 Å². The van der Waals surface area contributed by atoms with Gasteiger partial charge in [0.25, 0.3) is 0 Å². The SMILES string of the molecule is CCc1noc(C(C)NC(C)c2ccc(C)o2)n1. The van der Waals surface area contributed by atoms with Crippen LogP contribution in [0.3, 0.4) is 0 Å². The van der Waals surface area contributed by atoms with Crippen LogP contribution in [-0.2, 0) is 6.42 Å². The van der Waals surface area contributed by atoms with E-state index in [0.717, 1.165) is 23.8 Å². The van der Waals surface area contributed by atoms with E-state index in [0.29, 0.717) is 5.89 Å². The van der Waals surface area contributed by atoms with Crippen LogP contribution in [0.4, 0.5) is 0 Å². The summed E-state index contributed by atoms with van der Waals surface area (Å²) in [5, 5.41) is 7.26. The average Bonchev–Trinajstić information content (AvgIpc) is 2.97. The molecule has 0 bridgehead atoms. The van der Waals surface area contributed by atoms with E-state index in [9.17, 15) is 0 Å². The number of nitrogens with zero attached hydrogens (tertiary/aromatic N) is 2. The summed E-state index contributed by atoms with van der Waals surface area (Å²) in [4.78, 5) is 4.31. The topological polar surface area (TPSA) is 64.1 Å². The summed E-state index contributed by atoms with van der Waals surface area (Å²) in [5.74, 6) is 3.18. The lowest BCUT2D eigenvalue weighted by molar-refractivity contribution is 0.313. The Hall–Kier alpha value is -1.62. The van der Waals surface area contributed by atoms with Crippen LogP contribution in [0.25, 0.3) is 0 Å². The number of nitrogens with one attached hydrogen (secondary N) is 1. The number of hydrogen-bond acceptors (Lipinski definition) is 5. The minimum atomic E-state index is -0.00166. The Balaban J connectivity index is 2.00. The normalized spacial score (nSPS) is 14.7. The molecule has 2 heterocycles. The van der Waals surface area contributed by atoms with Crippen LogP contribution < -0.4 is 5.32 Å². The van der Waals surface area contributed by atoms with Gasteiger partial charge in [-0.2, -0.15) is 4.98 Å². The van der Waals surface area contributed by atoms with Gasteiger partial charge in [-0.05, 0) is 32.9 Å². The van der Waals surface area contributed by atoms with Gasteiger partial charge in [0.1, 0.15) is 11.5 Å². The third-order valence-electron chi connectivity index (χ3n) is 2.86. The van der Waals surface area contributed by atoms with Gasteiger partial charge in [0.05, 0.1) is 12.1 Å². The third-order valence-corrected chi connectivity index (χ3v) is 2.86. The molecule has 2 unspecified atom stereocenters. The maximum absolute atomic E-state index is 5.58. The monoisotopic (exact) mass is 249 g/mol. The smallest absolute Gasteiger partial charge is 0.243 e. The molecular formula is C13H19N3O2. The van der Waals surface area contributed by atoms with Crippen molar-refractivity contribution in [2.45, 2.75) is 46.2 Å². The number of hydrogen-bond donors (Lipinski definition) is 1. The number of rotatable bonds is 5. The zero-order valence-corrected chi connectivity index (χ0v) is 11.2. The van der Waals surface area contributed by atoms with E-state index < -0.39 is 0 Å². The summed E-state index contributed by atoms with van der Waals surface area (Å²) >= 11 is 0. The highest BCUT2D eigenvalue weighted by Crippen LogP contribution is 2.20. The van der Waals surface area contributed by atoms with Crippen LogP contribution in [0.2, 0.25) is 0 Å². The zero-order chi connectivity index (χ0) is 13.1. The van der Waals surface area contributed by atoms with Crippen LogP contribution in [-0.4, -0.2) is 10.1 Å². The fourth-order valence-corrected chi connectivity index (χ4v) is 1.80. The molecule has 0 saturated heterocycles. The summed E-state index contributed by atoms with van der Waals surface area (Å²) in [5.41, 5.74) is 0. The van der Waals surface area contributed by atoms with Gasteiger partial charge in [0.15, 0.2) is 5.82 Å². The minimum Gasteiger partial charge on any atom is -0.465 e. The van der Waals surface area contributed by atoms with Crippen molar-refractivity contribution in [3.05, 3.63) is 35.4 Å². The molecule has 0 amide bonds. The second kappa shape index (κ2) is 5.35. The lowest BCUT2D eigenvalue weighted by Crippen LogP contribution is -2.22. The van der Waals surface area contributed by atoms with Crippen molar-refractivity contribution in [3.63, 3.8) is 0 Å². The van der Waals surface area contributed by atoms with Gasteiger partial charge in [-0.1, -0.05) is 12.1 Å². The first-order chi connectivity index (χ1) is 8.60. The predicted octanol–water partition coefficient (Wildman–Crippen LogP) is 2.95. The summed E-state index contributed by atoms with van der Waals surface area (Å²) in [6.07, 6.45) is 0.781. The van der Waals surface area contributed by atoms with E-state index in [-0.39, 0.29) is 12.1 Å². The molecule has 0 saturated carbocycles. The molecule has 1 N–H and O–H groups in total. The molecule has 98 valence electrons. The van der Waals surface area contributed by atoms with Gasteiger partial charge in [-0.15, -0.1) is 0 Å². The quantitative estimate of drug-likeness (QED) is 0.882. The molecule has 0 spiro atoms. The van der Waals surface area contributed by atoms with E-state index >= 15 is 0 Å². The Morgan fingerprint density at radius 2 is 2.06 bits per heavy atom. The van der Waals surface area contributed by atoms with Crippen molar-refractivity contribution in [2.75, 3.05) is 0 Å². The van der Waals surface area contributed by atoms with Crippen LogP contribution in [0, 0.1) is 6.92 Å². The molecule has 2 aromatic heterocycles. The molecule has 2 rings (SSSR count). The Bertz CT molecular complexity index is 504. The summed E-state index contributed by atoms with van der Waals surface area (Å²) in [7, 11) is 0. The maximum atomic E-state index is 5.58. The van der Waals surface area contributed by atoms with E-state index in [1.807, 2.05) is 39.8 Å². The summed E-state index contributed by atoms with van der Waals surface area (Å²) in [6, 6.07) is 4.04. The fraction of sp³-hybridized carbons (Fsp3) is 0.538. The molecule has 2 atom stereocenters. The Kier molecular flexibility index (Phi) is 3.81. The van der Waals surface area contributed by atoms with Crippen molar-refractivity contribution in [2.24, 2.45) is 0 Å². The molecule has 5 nitrogen and oxygen atoms in total. The first kappa shape index (κ1) is 12.8. The molecule has 0 aliphatic rings. The molecule has 0 fully saturated rings. The lowest BCUT2D eigenvalue weighted by atomic mass is 10.2. The Labute approximate surface area is 107 Å². The standard InChI is InChI=1S/C13H19N3O2/c1-5-12-15-13(18-16-12)10(4)14-9(3)11-7-6-8(2)17-11/h6-7,9-10,14H,5H2,1-4H3. The Morgan fingerprint density at radius 1 is 1.28 bits per heavy atom. The van der Waals surface area contributed by atoms with E-state index in [1.165, 1.54) is 0 Å². The van der Waals surface area contributed by atoms with E-state index in [4.69, 9.17) is 8.94 Å². The van der Waals surface area contributed by atoms with Crippen molar-refractivity contribution in [3.8, 4) is 0 Å². The van der Waals surface area contributed by atoms with Crippen LogP contribution in [0.1, 0.15) is 56.1 Å². The van der Waals surface area contributed by atoms with Crippen LogP contribution in [0.5, 0.6) is 0 Å². The lowest BCUT2D eigenvalue weighted by Gasteiger charge is -2.15. The molecule has 2 aromatic rings. The van der Waals surface area contributed by atoms with E-state index in [1.54, 1.807) is 0 Å². The number of aryl methyl sites for hydroxylation is 2. The second-order valence-electron chi connectivity index (χ2n) is 4.46. The first-order valence-corrected chi connectivity index (χ1v) is 6.25. The van der Waals surface area contributed by atoms with Gasteiger partial charge in [0, 0.05) is 6.42 Å². The molecule has 0 aliphatic heterocycles. The highest BCUT2D eigenvalue weighted by Gasteiger charge is 2.18. The van der Waals surface area contributed by atoms with Crippen molar-refractivity contribution in [1.82, 2.24) is 15.5 Å². The van der Waals surface area contributed by atoms with Gasteiger partial charge in [0.2, 0.25) is 5.89 Å². The van der Waals surface area contributed by atoms with Crippen molar-refractivity contribution in [1.29, 1.82) is 0 Å². The fourth-order valence-electron chi connectivity index (χ4n) is 1.80. The third kappa shape index (κ3) is 2.79. The maximum Gasteiger partial charge on any atom is 0.243 e. The molecule has 0 radical (unpaired) electrons. The van der Waals surface area contributed by atoms with Crippen LogP contribution in [0.15, 0.2) is 21.1 Å². The average molecular weight is 249 g/mol. The molecular weight excluding hydrogens is 230 g/mol. The molecule has 0 aromatic carbocycles. The first-order valence-electron chi connectivity index (χ1n) is 6.25. The van der Waals surface area contributed by atoms with Crippen molar-refractivity contribution < 1.29 is 8.94 Å². The highest BCUT2D eigenvalue weighted by atomic mass is 16.5. The van der Waals surface area contributed by atoms with E-state index in [2.05, 4.69) is 15.5 Å².